The molecular weight excluding hydrogens is 400 g/mol. The zero-order chi connectivity index (χ0) is 20.8. The van der Waals surface area contributed by atoms with Crippen molar-refractivity contribution < 1.29 is 21.9 Å². The Morgan fingerprint density at radius 1 is 1.07 bits per heavy atom. The van der Waals surface area contributed by atoms with Gasteiger partial charge in [0.2, 0.25) is 21.7 Å². The lowest BCUT2D eigenvalue weighted by Crippen LogP contribution is -2.13. The molecule has 144 valence electrons. The van der Waals surface area contributed by atoms with Crippen molar-refractivity contribution in [2.75, 3.05) is 0 Å². The number of hydrogen-bond donors (Lipinski definition) is 1. The van der Waals surface area contributed by atoms with E-state index in [9.17, 15) is 17.2 Å². The van der Waals surface area contributed by atoms with E-state index >= 15 is 0 Å². The molecule has 0 atom stereocenters. The summed E-state index contributed by atoms with van der Waals surface area (Å²) in [6, 6.07) is 7.93. The van der Waals surface area contributed by atoms with Gasteiger partial charge in [-0.3, -0.25) is 4.98 Å². The zero-order valence-corrected chi connectivity index (χ0v) is 15.4. The molecule has 9 heteroatoms. The first-order valence-electron chi connectivity index (χ1n) is 8.12. The van der Waals surface area contributed by atoms with E-state index in [1.54, 1.807) is 30.5 Å². The number of benzene rings is 2. The van der Waals surface area contributed by atoms with Crippen molar-refractivity contribution >= 4 is 31.7 Å². The molecule has 0 aliphatic heterocycles. The first-order valence-corrected chi connectivity index (χ1v) is 9.66. The average Bonchev–Trinajstić information content (AvgIpc) is 2.69. The van der Waals surface area contributed by atoms with Crippen LogP contribution >= 0.6 is 0 Å². The Morgan fingerprint density at radius 3 is 2.45 bits per heavy atom. The Kier molecular flexibility index (Phi) is 4.38. The largest absolute Gasteiger partial charge is 0.432 e. The quantitative estimate of drug-likeness (QED) is 0.411. The number of halogens is 2. The van der Waals surface area contributed by atoms with E-state index < -0.39 is 32.3 Å². The van der Waals surface area contributed by atoms with Crippen LogP contribution in [0.5, 0.6) is 11.6 Å². The molecular formula is C20H11F2N3O3S. The van der Waals surface area contributed by atoms with Gasteiger partial charge in [0.25, 0.3) is 0 Å². The van der Waals surface area contributed by atoms with E-state index in [0.717, 1.165) is 0 Å². The Labute approximate surface area is 164 Å². The molecule has 0 aliphatic carbocycles. The van der Waals surface area contributed by atoms with Crippen LogP contribution in [0.3, 0.4) is 0 Å². The summed E-state index contributed by atoms with van der Waals surface area (Å²) in [6.45, 7) is 0. The van der Waals surface area contributed by atoms with E-state index in [-0.39, 0.29) is 5.88 Å². The lowest BCUT2D eigenvalue weighted by molar-refractivity contribution is 0.397. The van der Waals surface area contributed by atoms with Crippen molar-refractivity contribution in [1.29, 1.82) is 0 Å². The van der Waals surface area contributed by atoms with Crippen LogP contribution in [0.2, 0.25) is 0 Å². The highest BCUT2D eigenvalue weighted by Crippen LogP contribution is 2.35. The first kappa shape index (κ1) is 18.7. The average molecular weight is 411 g/mol. The van der Waals surface area contributed by atoms with Crippen molar-refractivity contribution in [2.45, 2.75) is 4.90 Å². The van der Waals surface area contributed by atoms with Gasteiger partial charge in [-0.15, -0.1) is 6.42 Å². The van der Waals surface area contributed by atoms with Gasteiger partial charge in [0.05, 0.1) is 15.8 Å². The SMILES string of the molecule is C#Cc1ccc2c(c1)ncc1ccnc(Oc3c(F)cc(S(N)(=O)=O)cc3F)c12. The summed E-state index contributed by atoms with van der Waals surface area (Å²) in [7, 11) is -4.28. The molecule has 2 N–H and O–H groups in total. The molecule has 0 fully saturated rings. The lowest BCUT2D eigenvalue weighted by Gasteiger charge is -2.12. The summed E-state index contributed by atoms with van der Waals surface area (Å²) in [5, 5.41) is 6.63. The summed E-state index contributed by atoms with van der Waals surface area (Å²) in [5.74, 6) is -0.844. The third-order valence-electron chi connectivity index (χ3n) is 4.22. The lowest BCUT2D eigenvalue weighted by atomic mass is 10.1. The number of nitrogens with zero attached hydrogens (tertiary/aromatic N) is 2. The molecule has 4 rings (SSSR count). The number of terminal acetylenes is 1. The number of rotatable bonds is 3. The Hall–Kier alpha value is -3.61. The summed E-state index contributed by atoms with van der Waals surface area (Å²) in [6.07, 6.45) is 8.37. The highest BCUT2D eigenvalue weighted by atomic mass is 32.2. The van der Waals surface area contributed by atoms with E-state index in [4.69, 9.17) is 16.3 Å². The summed E-state index contributed by atoms with van der Waals surface area (Å²) in [4.78, 5) is 7.71. The minimum absolute atomic E-state index is 0.0792. The van der Waals surface area contributed by atoms with E-state index in [1.807, 2.05) is 0 Å². The van der Waals surface area contributed by atoms with E-state index in [2.05, 4.69) is 15.9 Å². The molecule has 4 aromatic rings. The van der Waals surface area contributed by atoms with E-state index in [0.29, 0.717) is 39.4 Å². The second-order valence-corrected chi connectivity index (χ2v) is 7.64. The van der Waals surface area contributed by atoms with Gasteiger partial charge in [-0.25, -0.2) is 27.3 Å². The standard InChI is InChI=1S/C20H11F2N3O3S/c1-2-11-3-4-14-17(7-11)25-10-12-5-6-24-20(18(12)14)28-19-15(21)8-13(9-16(19)22)29(23,26)27/h1,3-10H,(H2,23,26,27). The number of ether oxygens (including phenoxy) is 1. The van der Waals surface area contributed by atoms with Crippen LogP contribution in [0, 0.1) is 24.0 Å². The second-order valence-electron chi connectivity index (χ2n) is 6.08. The van der Waals surface area contributed by atoms with Crippen molar-refractivity contribution in [1.82, 2.24) is 9.97 Å². The fourth-order valence-corrected chi connectivity index (χ4v) is 3.42. The molecule has 0 radical (unpaired) electrons. The van der Waals surface area contributed by atoms with Crippen LogP contribution in [0.25, 0.3) is 21.7 Å². The van der Waals surface area contributed by atoms with Crippen LogP contribution < -0.4 is 9.88 Å². The van der Waals surface area contributed by atoms with Crippen LogP contribution in [0.1, 0.15) is 5.56 Å². The fraction of sp³-hybridized carbons (Fsp3) is 0. The topological polar surface area (TPSA) is 95.2 Å². The highest BCUT2D eigenvalue weighted by Gasteiger charge is 2.20. The number of pyridine rings is 2. The molecule has 2 heterocycles. The van der Waals surface area contributed by atoms with Gasteiger partial charge in [0.15, 0.2) is 11.6 Å². The molecule has 2 aromatic carbocycles. The molecule has 0 spiro atoms. The maximum absolute atomic E-state index is 14.4. The van der Waals surface area contributed by atoms with Gasteiger partial charge < -0.3 is 4.74 Å². The highest BCUT2D eigenvalue weighted by molar-refractivity contribution is 7.89. The summed E-state index contributed by atoms with van der Waals surface area (Å²) in [5.41, 5.74) is 1.17. The minimum Gasteiger partial charge on any atom is -0.432 e. The van der Waals surface area contributed by atoms with Crippen molar-refractivity contribution in [3.05, 3.63) is 66.0 Å². The summed E-state index contributed by atoms with van der Waals surface area (Å²) >= 11 is 0. The third-order valence-corrected chi connectivity index (χ3v) is 5.12. The van der Waals surface area contributed by atoms with E-state index in [1.165, 1.54) is 6.20 Å². The van der Waals surface area contributed by atoms with Gasteiger partial charge in [-0.2, -0.15) is 0 Å². The summed E-state index contributed by atoms with van der Waals surface area (Å²) < 4.78 is 56.9. The normalized spacial score (nSPS) is 11.5. The maximum atomic E-state index is 14.4. The molecule has 0 aliphatic rings. The number of fused-ring (bicyclic) bond motifs is 3. The predicted octanol–water partition coefficient (Wildman–Crippen LogP) is 3.48. The monoisotopic (exact) mass is 411 g/mol. The third kappa shape index (κ3) is 3.35. The van der Waals surface area contributed by atoms with Crippen LogP contribution in [0.4, 0.5) is 8.78 Å². The fourth-order valence-electron chi connectivity index (χ4n) is 2.89. The van der Waals surface area contributed by atoms with Crippen LogP contribution in [-0.4, -0.2) is 18.4 Å². The Bertz CT molecular complexity index is 1420. The molecule has 29 heavy (non-hydrogen) atoms. The number of aromatic nitrogens is 2. The molecule has 0 saturated carbocycles. The van der Waals surface area contributed by atoms with Gasteiger partial charge in [0.1, 0.15) is 0 Å². The molecule has 6 nitrogen and oxygen atoms in total. The first-order chi connectivity index (χ1) is 13.8. The second kappa shape index (κ2) is 6.77. The molecule has 0 amide bonds. The van der Waals surface area contributed by atoms with Crippen LogP contribution in [0.15, 0.2) is 53.7 Å². The number of hydrogen-bond acceptors (Lipinski definition) is 5. The van der Waals surface area contributed by atoms with Crippen LogP contribution in [-0.2, 0) is 10.0 Å². The molecule has 0 unspecified atom stereocenters. The number of nitrogens with two attached hydrogens (primary N) is 1. The Morgan fingerprint density at radius 2 is 1.79 bits per heavy atom. The number of sulfonamides is 1. The van der Waals surface area contributed by atoms with Gasteiger partial charge in [-0.1, -0.05) is 12.0 Å². The van der Waals surface area contributed by atoms with Crippen molar-refractivity contribution in [3.8, 4) is 24.0 Å². The van der Waals surface area contributed by atoms with Gasteiger partial charge >= 0.3 is 0 Å². The molecule has 0 bridgehead atoms. The number of primary sulfonamides is 1. The maximum Gasteiger partial charge on any atom is 0.238 e. The van der Waals surface area contributed by atoms with Gasteiger partial charge in [-0.05, 0) is 30.3 Å². The zero-order valence-electron chi connectivity index (χ0n) is 14.6. The smallest absolute Gasteiger partial charge is 0.238 e. The molecule has 2 aromatic heterocycles. The Balaban J connectivity index is 1.92. The minimum atomic E-state index is -4.28. The van der Waals surface area contributed by atoms with Crippen molar-refractivity contribution in [3.63, 3.8) is 0 Å². The predicted molar refractivity (Wildman–Crippen MR) is 103 cm³/mol. The molecule has 0 saturated heterocycles. The van der Waals surface area contributed by atoms with Crippen molar-refractivity contribution in [2.24, 2.45) is 5.14 Å². The van der Waals surface area contributed by atoms with Gasteiger partial charge in [0, 0.05) is 28.7 Å².